The van der Waals surface area contributed by atoms with Gasteiger partial charge in [0.15, 0.2) is 0 Å². The first kappa shape index (κ1) is 23.8. The Hall–Kier alpha value is -1.24. The molecule has 1 atom stereocenters. The maximum atomic E-state index is 3.82. The molecule has 0 bridgehead atoms. The van der Waals surface area contributed by atoms with Crippen LogP contribution in [0.1, 0.15) is 99.8 Å². The molecule has 27 heavy (non-hydrogen) atoms. The summed E-state index contributed by atoms with van der Waals surface area (Å²) in [6, 6.07) is 0. The van der Waals surface area contributed by atoms with E-state index in [1.165, 1.54) is 55.4 Å². The summed E-state index contributed by atoms with van der Waals surface area (Å²) < 4.78 is 0. The maximum absolute atomic E-state index is 3.82. The van der Waals surface area contributed by atoms with Crippen molar-refractivity contribution in [1.82, 2.24) is 5.32 Å². The van der Waals surface area contributed by atoms with E-state index in [9.17, 15) is 0 Å². The summed E-state index contributed by atoms with van der Waals surface area (Å²) in [4.78, 5) is 0. The van der Waals surface area contributed by atoms with Crippen LogP contribution in [0.15, 0.2) is 46.2 Å². The topological polar surface area (TPSA) is 12.0 Å². The second-order valence-corrected chi connectivity index (χ2v) is 9.03. The van der Waals surface area contributed by atoms with Gasteiger partial charge in [0.2, 0.25) is 0 Å². The van der Waals surface area contributed by atoms with Crippen LogP contribution in [0.3, 0.4) is 0 Å². The molecule has 0 saturated heterocycles. The fourth-order valence-corrected chi connectivity index (χ4v) is 3.69. The lowest BCUT2D eigenvalue weighted by Gasteiger charge is -2.29. The van der Waals surface area contributed by atoms with Gasteiger partial charge in [0.05, 0.1) is 0 Å². The SMILES string of the molecule is CCCCCC1=C(NCC(C)C)C(C)C(C/C=C(\C)CCC=C(C)C)=CC1. The van der Waals surface area contributed by atoms with E-state index < -0.39 is 0 Å². The molecule has 0 heterocycles. The van der Waals surface area contributed by atoms with E-state index >= 15 is 0 Å². The number of rotatable bonds is 12. The van der Waals surface area contributed by atoms with E-state index in [4.69, 9.17) is 0 Å². The van der Waals surface area contributed by atoms with Crippen LogP contribution in [0.25, 0.3) is 0 Å². The minimum absolute atomic E-state index is 0.538. The molecule has 1 aliphatic carbocycles. The smallest absolute Gasteiger partial charge is 0.0172 e. The molecule has 0 aliphatic heterocycles. The molecule has 0 radical (unpaired) electrons. The Kier molecular flexibility index (Phi) is 11.5. The van der Waals surface area contributed by atoms with Gasteiger partial charge in [-0.1, -0.05) is 75.5 Å². The third-order valence-electron chi connectivity index (χ3n) is 5.54. The van der Waals surface area contributed by atoms with E-state index in [1.807, 2.05) is 0 Å². The van der Waals surface area contributed by atoms with Crippen LogP contribution in [-0.4, -0.2) is 6.54 Å². The van der Waals surface area contributed by atoms with Crippen molar-refractivity contribution in [1.29, 1.82) is 0 Å². The van der Waals surface area contributed by atoms with Gasteiger partial charge in [-0.3, -0.25) is 0 Å². The predicted octanol–water partition coefficient (Wildman–Crippen LogP) is 8.12. The standard InChI is InChI=1S/C26H45N/c1-8-9-10-14-25-18-17-24(23(7)26(25)27-19-21(4)5)16-15-22(6)13-11-12-20(2)3/h12,15,17,21,23,27H,8-11,13-14,16,18-19H2,1-7H3/b22-15+. The van der Waals surface area contributed by atoms with Gasteiger partial charge in [0.25, 0.3) is 0 Å². The highest BCUT2D eigenvalue weighted by atomic mass is 14.9. The fraction of sp³-hybridized carbons (Fsp3) is 0.692. The monoisotopic (exact) mass is 371 g/mol. The molecular weight excluding hydrogens is 326 g/mol. The average molecular weight is 372 g/mol. The van der Waals surface area contributed by atoms with E-state index in [-0.39, 0.29) is 0 Å². The summed E-state index contributed by atoms with van der Waals surface area (Å²) in [6.45, 7) is 17.0. The van der Waals surface area contributed by atoms with Crippen LogP contribution < -0.4 is 5.32 Å². The van der Waals surface area contributed by atoms with Crippen LogP contribution in [0.4, 0.5) is 0 Å². The zero-order valence-corrected chi connectivity index (χ0v) is 19.3. The number of hydrogen-bond donors (Lipinski definition) is 1. The van der Waals surface area contributed by atoms with Gasteiger partial charge in [0.1, 0.15) is 0 Å². The van der Waals surface area contributed by atoms with Crippen molar-refractivity contribution in [2.45, 2.75) is 99.8 Å². The highest BCUT2D eigenvalue weighted by Crippen LogP contribution is 2.33. The molecule has 1 N–H and O–H groups in total. The summed E-state index contributed by atoms with van der Waals surface area (Å²) in [7, 11) is 0. The van der Waals surface area contributed by atoms with Crippen molar-refractivity contribution < 1.29 is 0 Å². The molecule has 1 aliphatic rings. The fourth-order valence-electron chi connectivity index (χ4n) is 3.69. The van der Waals surface area contributed by atoms with E-state index in [0.717, 1.165) is 19.4 Å². The van der Waals surface area contributed by atoms with E-state index in [0.29, 0.717) is 11.8 Å². The summed E-state index contributed by atoms with van der Waals surface area (Å²) >= 11 is 0. The minimum atomic E-state index is 0.538. The molecule has 0 amide bonds. The van der Waals surface area contributed by atoms with Crippen LogP contribution in [0, 0.1) is 11.8 Å². The quantitative estimate of drug-likeness (QED) is 0.270. The van der Waals surface area contributed by atoms with Crippen LogP contribution in [-0.2, 0) is 0 Å². The first-order valence-electron chi connectivity index (χ1n) is 11.3. The lowest BCUT2D eigenvalue weighted by Crippen LogP contribution is -2.27. The number of hydrogen-bond acceptors (Lipinski definition) is 1. The normalized spacial score (nSPS) is 18.0. The Bertz CT molecular complexity index is 553. The first-order valence-corrected chi connectivity index (χ1v) is 11.3. The molecule has 0 aromatic rings. The first-order chi connectivity index (χ1) is 12.8. The zero-order chi connectivity index (χ0) is 20.2. The molecule has 0 fully saturated rings. The van der Waals surface area contributed by atoms with Crippen molar-refractivity contribution in [3.8, 4) is 0 Å². The lowest BCUT2D eigenvalue weighted by atomic mass is 9.83. The van der Waals surface area contributed by atoms with Crippen molar-refractivity contribution in [3.05, 3.63) is 46.2 Å². The van der Waals surface area contributed by atoms with Gasteiger partial charge >= 0.3 is 0 Å². The van der Waals surface area contributed by atoms with E-state index in [2.05, 4.69) is 72.0 Å². The second-order valence-electron chi connectivity index (χ2n) is 9.03. The van der Waals surface area contributed by atoms with Crippen molar-refractivity contribution >= 4 is 0 Å². The number of nitrogens with one attached hydrogen (secondary N) is 1. The molecule has 0 aromatic heterocycles. The zero-order valence-electron chi connectivity index (χ0n) is 19.3. The summed E-state index contributed by atoms with van der Waals surface area (Å²) in [5, 5.41) is 3.82. The van der Waals surface area contributed by atoms with Gasteiger partial charge < -0.3 is 5.32 Å². The van der Waals surface area contributed by atoms with Crippen LogP contribution in [0.5, 0.6) is 0 Å². The highest BCUT2D eigenvalue weighted by molar-refractivity contribution is 5.33. The van der Waals surface area contributed by atoms with Crippen molar-refractivity contribution in [2.24, 2.45) is 11.8 Å². The maximum Gasteiger partial charge on any atom is 0.0172 e. The Balaban J connectivity index is 2.74. The molecule has 0 spiro atoms. The third-order valence-corrected chi connectivity index (χ3v) is 5.54. The Morgan fingerprint density at radius 1 is 1.19 bits per heavy atom. The number of unbranched alkanes of at least 4 members (excludes halogenated alkanes) is 2. The van der Waals surface area contributed by atoms with Gasteiger partial charge in [-0.2, -0.15) is 0 Å². The number of allylic oxidation sites excluding steroid dienone is 7. The van der Waals surface area contributed by atoms with Gasteiger partial charge in [-0.05, 0) is 70.8 Å². The lowest BCUT2D eigenvalue weighted by molar-refractivity contribution is 0.543. The molecule has 1 unspecified atom stereocenters. The highest BCUT2D eigenvalue weighted by Gasteiger charge is 2.21. The molecule has 0 saturated carbocycles. The summed E-state index contributed by atoms with van der Waals surface area (Å²) in [5.74, 6) is 1.23. The Morgan fingerprint density at radius 3 is 2.56 bits per heavy atom. The van der Waals surface area contributed by atoms with Crippen LogP contribution >= 0.6 is 0 Å². The van der Waals surface area contributed by atoms with Gasteiger partial charge in [-0.25, -0.2) is 0 Å². The largest absolute Gasteiger partial charge is 0.388 e. The second kappa shape index (κ2) is 13.0. The molecule has 154 valence electrons. The molecule has 1 rings (SSSR count). The Labute approximate surface area is 170 Å². The molecule has 1 nitrogen and oxygen atoms in total. The van der Waals surface area contributed by atoms with Gasteiger partial charge in [-0.15, -0.1) is 0 Å². The summed E-state index contributed by atoms with van der Waals surface area (Å²) in [6.07, 6.45) is 17.2. The molecule has 1 heteroatoms. The van der Waals surface area contributed by atoms with Crippen LogP contribution in [0.2, 0.25) is 0 Å². The molecular formula is C26H45N. The average Bonchev–Trinajstić information content (AvgIpc) is 2.60. The predicted molar refractivity (Wildman–Crippen MR) is 123 cm³/mol. The minimum Gasteiger partial charge on any atom is -0.388 e. The van der Waals surface area contributed by atoms with Gasteiger partial charge in [0, 0.05) is 18.2 Å². The third kappa shape index (κ3) is 9.49. The Morgan fingerprint density at radius 2 is 1.93 bits per heavy atom. The van der Waals surface area contributed by atoms with E-state index in [1.54, 1.807) is 11.1 Å². The van der Waals surface area contributed by atoms with Crippen molar-refractivity contribution in [2.75, 3.05) is 6.54 Å². The molecule has 0 aromatic carbocycles. The van der Waals surface area contributed by atoms with Crippen molar-refractivity contribution in [3.63, 3.8) is 0 Å². The summed E-state index contributed by atoms with van der Waals surface area (Å²) in [5.41, 5.74) is 7.74.